The number of carbonyl (C=O) groups is 1. The first-order valence-electron chi connectivity index (χ1n) is 5.83. The number of hydrogen-bond donors (Lipinski definition) is 2. The average molecular weight is 334 g/mol. The monoisotopic (exact) mass is 332 g/mol. The van der Waals surface area contributed by atoms with Gasteiger partial charge in [0.25, 0.3) is 0 Å². The minimum atomic E-state index is -0.503. The smallest absolute Gasteiger partial charge is 0.241 e. The summed E-state index contributed by atoms with van der Waals surface area (Å²) in [4.78, 5) is 11.9. The lowest BCUT2D eigenvalue weighted by Gasteiger charge is -2.15. The van der Waals surface area contributed by atoms with E-state index in [9.17, 15) is 4.79 Å². The van der Waals surface area contributed by atoms with Crippen molar-refractivity contribution < 1.29 is 4.79 Å². The van der Waals surface area contributed by atoms with Gasteiger partial charge in [-0.2, -0.15) is 0 Å². The first kappa shape index (κ1) is 15.5. The Morgan fingerprint density at radius 1 is 1.50 bits per heavy atom. The zero-order valence-corrected chi connectivity index (χ0v) is 13.1. The predicted molar refractivity (Wildman–Crippen MR) is 79.9 cm³/mol. The molecule has 1 aromatic rings. The van der Waals surface area contributed by atoms with Gasteiger partial charge in [0.2, 0.25) is 5.91 Å². The Morgan fingerprint density at radius 3 is 2.67 bits per heavy atom. The van der Waals surface area contributed by atoms with Gasteiger partial charge >= 0.3 is 0 Å². The molecule has 1 atom stereocenters. The molecule has 0 heterocycles. The van der Waals surface area contributed by atoms with Crippen molar-refractivity contribution in [1.82, 2.24) is 0 Å². The summed E-state index contributed by atoms with van der Waals surface area (Å²) >= 11 is 9.43. The van der Waals surface area contributed by atoms with Crippen LogP contribution in [0.5, 0.6) is 0 Å². The van der Waals surface area contributed by atoms with E-state index in [2.05, 4.69) is 21.2 Å². The highest BCUT2D eigenvalue weighted by Crippen LogP contribution is 2.29. The highest BCUT2D eigenvalue weighted by molar-refractivity contribution is 9.10. The quantitative estimate of drug-likeness (QED) is 0.882. The van der Waals surface area contributed by atoms with Crippen LogP contribution in [0.2, 0.25) is 5.02 Å². The van der Waals surface area contributed by atoms with E-state index in [-0.39, 0.29) is 5.91 Å². The maximum absolute atomic E-state index is 11.9. The summed E-state index contributed by atoms with van der Waals surface area (Å²) in [6.07, 6.45) is 0.656. The molecular formula is C13H18BrClN2O. The summed E-state index contributed by atoms with van der Waals surface area (Å²) in [5.74, 6) is 0.195. The molecule has 18 heavy (non-hydrogen) atoms. The molecule has 1 aromatic carbocycles. The van der Waals surface area contributed by atoms with E-state index >= 15 is 0 Å². The van der Waals surface area contributed by atoms with Crippen LogP contribution in [0, 0.1) is 12.8 Å². The van der Waals surface area contributed by atoms with E-state index in [0.717, 1.165) is 10.0 Å². The molecule has 5 heteroatoms. The van der Waals surface area contributed by atoms with E-state index in [1.54, 1.807) is 6.07 Å². The second-order valence-electron chi connectivity index (χ2n) is 4.81. The van der Waals surface area contributed by atoms with Crippen molar-refractivity contribution in [3.63, 3.8) is 0 Å². The molecule has 0 aromatic heterocycles. The number of benzene rings is 1. The summed E-state index contributed by atoms with van der Waals surface area (Å²) in [6, 6.07) is 3.09. The Balaban J connectivity index is 2.79. The molecular weight excluding hydrogens is 316 g/mol. The summed E-state index contributed by atoms with van der Waals surface area (Å²) in [5, 5.41) is 3.40. The standard InChI is InChI=1S/C13H18BrClN2O/c1-7(2)4-11(16)13(18)17-12-6-10(15)8(3)5-9(12)14/h5-7,11H,4,16H2,1-3H3,(H,17,18)/t11-/m0/s1. The van der Waals surface area contributed by atoms with Crippen LogP contribution in [0.25, 0.3) is 0 Å². The minimum Gasteiger partial charge on any atom is -0.324 e. The van der Waals surface area contributed by atoms with Crippen molar-refractivity contribution in [1.29, 1.82) is 0 Å². The summed E-state index contributed by atoms with van der Waals surface area (Å²) in [6.45, 7) is 5.97. The second-order valence-corrected chi connectivity index (χ2v) is 6.07. The molecule has 1 amide bonds. The largest absolute Gasteiger partial charge is 0.324 e. The molecule has 0 aliphatic rings. The fraction of sp³-hybridized carbons (Fsp3) is 0.462. The number of nitrogens with one attached hydrogen (secondary N) is 1. The van der Waals surface area contributed by atoms with Gasteiger partial charge in [0.05, 0.1) is 11.7 Å². The molecule has 0 fully saturated rings. The Labute approximate surface area is 121 Å². The van der Waals surface area contributed by atoms with E-state index in [0.29, 0.717) is 23.0 Å². The molecule has 0 aliphatic carbocycles. The van der Waals surface area contributed by atoms with Crippen molar-refractivity contribution in [2.45, 2.75) is 33.2 Å². The van der Waals surface area contributed by atoms with E-state index in [1.165, 1.54) is 0 Å². The van der Waals surface area contributed by atoms with Gasteiger partial charge in [0.15, 0.2) is 0 Å². The van der Waals surface area contributed by atoms with Gasteiger partial charge in [0, 0.05) is 9.50 Å². The number of carbonyl (C=O) groups excluding carboxylic acids is 1. The maximum Gasteiger partial charge on any atom is 0.241 e. The van der Waals surface area contributed by atoms with Gasteiger partial charge in [-0.3, -0.25) is 4.79 Å². The first-order chi connectivity index (χ1) is 8.31. The number of amides is 1. The molecule has 100 valence electrons. The van der Waals surface area contributed by atoms with E-state index < -0.39 is 6.04 Å². The Bertz CT molecular complexity index is 449. The predicted octanol–water partition coefficient (Wildman–Crippen LogP) is 3.72. The number of anilines is 1. The lowest BCUT2D eigenvalue weighted by molar-refractivity contribution is -0.117. The van der Waals surface area contributed by atoms with E-state index in [1.807, 2.05) is 26.8 Å². The van der Waals surface area contributed by atoms with Crippen LogP contribution in [0.15, 0.2) is 16.6 Å². The number of nitrogens with two attached hydrogens (primary N) is 1. The Kier molecular flexibility index (Phi) is 5.63. The van der Waals surface area contributed by atoms with Gasteiger partial charge in [0.1, 0.15) is 0 Å². The van der Waals surface area contributed by atoms with Crippen LogP contribution in [0.4, 0.5) is 5.69 Å². The molecule has 0 saturated heterocycles. The van der Waals surface area contributed by atoms with Gasteiger partial charge in [-0.05, 0) is 52.9 Å². The van der Waals surface area contributed by atoms with Gasteiger partial charge in [-0.15, -0.1) is 0 Å². The highest BCUT2D eigenvalue weighted by Gasteiger charge is 2.16. The molecule has 1 rings (SSSR count). The normalized spacial score (nSPS) is 12.6. The topological polar surface area (TPSA) is 55.1 Å². The SMILES string of the molecule is Cc1cc(Br)c(NC(=O)[C@@H](N)CC(C)C)cc1Cl. The summed E-state index contributed by atoms with van der Waals surface area (Å²) in [5.41, 5.74) is 7.42. The lowest BCUT2D eigenvalue weighted by atomic mass is 10.0. The molecule has 3 nitrogen and oxygen atoms in total. The van der Waals surface area contributed by atoms with Crippen molar-refractivity contribution in [3.8, 4) is 0 Å². The van der Waals surface area contributed by atoms with Crippen LogP contribution in [-0.2, 0) is 4.79 Å². The van der Waals surface area contributed by atoms with Crippen molar-refractivity contribution >= 4 is 39.1 Å². The average Bonchev–Trinajstić information content (AvgIpc) is 2.24. The number of halogens is 2. The molecule has 0 bridgehead atoms. The number of aryl methyl sites for hydroxylation is 1. The van der Waals surface area contributed by atoms with Crippen LogP contribution in [0.1, 0.15) is 25.8 Å². The lowest BCUT2D eigenvalue weighted by Crippen LogP contribution is -2.36. The van der Waals surface area contributed by atoms with E-state index in [4.69, 9.17) is 17.3 Å². The molecule has 3 N–H and O–H groups in total. The van der Waals surface area contributed by atoms with Gasteiger partial charge < -0.3 is 11.1 Å². The fourth-order valence-electron chi connectivity index (χ4n) is 1.58. The van der Waals surface area contributed by atoms with Crippen LogP contribution in [0.3, 0.4) is 0 Å². The first-order valence-corrected chi connectivity index (χ1v) is 7.00. The molecule has 0 spiro atoms. The fourth-order valence-corrected chi connectivity index (χ4v) is 2.30. The zero-order chi connectivity index (χ0) is 13.9. The third kappa shape index (κ3) is 4.26. The highest BCUT2D eigenvalue weighted by atomic mass is 79.9. The third-order valence-electron chi connectivity index (χ3n) is 2.57. The maximum atomic E-state index is 11.9. The third-order valence-corrected chi connectivity index (χ3v) is 3.63. The molecule has 0 unspecified atom stereocenters. The number of hydrogen-bond acceptors (Lipinski definition) is 2. The minimum absolute atomic E-state index is 0.190. The summed E-state index contributed by atoms with van der Waals surface area (Å²) in [7, 11) is 0. The van der Waals surface area contributed by atoms with Crippen LogP contribution >= 0.6 is 27.5 Å². The molecule has 0 saturated carbocycles. The summed E-state index contributed by atoms with van der Waals surface area (Å²) < 4.78 is 0.800. The number of rotatable bonds is 4. The van der Waals surface area contributed by atoms with Gasteiger partial charge in [-0.1, -0.05) is 25.4 Å². The van der Waals surface area contributed by atoms with Crippen LogP contribution < -0.4 is 11.1 Å². The van der Waals surface area contributed by atoms with Crippen LogP contribution in [-0.4, -0.2) is 11.9 Å². The molecule has 0 radical (unpaired) electrons. The molecule has 0 aliphatic heterocycles. The van der Waals surface area contributed by atoms with Crippen molar-refractivity contribution in [2.75, 3.05) is 5.32 Å². The van der Waals surface area contributed by atoms with Gasteiger partial charge in [-0.25, -0.2) is 0 Å². The Hall–Kier alpha value is -0.580. The van der Waals surface area contributed by atoms with Crippen molar-refractivity contribution in [3.05, 3.63) is 27.2 Å². The second kappa shape index (κ2) is 6.55. The van der Waals surface area contributed by atoms with Crippen molar-refractivity contribution in [2.24, 2.45) is 11.7 Å². The zero-order valence-electron chi connectivity index (χ0n) is 10.8. The Morgan fingerprint density at radius 2 is 2.11 bits per heavy atom.